The first kappa shape index (κ1) is 8.40. The molecule has 0 aliphatic rings. The highest BCUT2D eigenvalue weighted by Crippen LogP contribution is 1.97. The van der Waals surface area contributed by atoms with Crippen LogP contribution in [0.1, 0.15) is 5.69 Å². The average molecular weight is 158 g/mol. The van der Waals surface area contributed by atoms with E-state index >= 15 is 0 Å². The fourth-order valence-electron chi connectivity index (χ4n) is 0.836. The zero-order valence-electron chi connectivity index (χ0n) is 6.77. The highest BCUT2D eigenvalue weighted by Gasteiger charge is 1.96. The van der Waals surface area contributed by atoms with E-state index in [9.17, 15) is 0 Å². The number of rotatable bonds is 3. The molecule has 1 aromatic rings. The summed E-state index contributed by atoms with van der Waals surface area (Å²) in [7, 11) is 0. The highest BCUT2D eigenvalue weighted by atomic mass is 14.8. The van der Waals surface area contributed by atoms with Crippen LogP contribution >= 0.6 is 0 Å². The molecular weight excluding hydrogens is 148 g/mol. The first-order chi connectivity index (χ1) is 5.88. The normalized spacial score (nSPS) is 10.8. The van der Waals surface area contributed by atoms with Crippen LogP contribution in [0.4, 0.5) is 0 Å². The first-order valence-electron chi connectivity index (χ1n) is 3.61. The van der Waals surface area contributed by atoms with E-state index in [1.165, 1.54) is 6.20 Å². The fourth-order valence-corrected chi connectivity index (χ4v) is 0.836. The molecule has 0 aliphatic heterocycles. The molecule has 60 valence electrons. The van der Waals surface area contributed by atoms with E-state index in [2.05, 4.69) is 23.1 Å². The van der Waals surface area contributed by atoms with E-state index in [0.717, 1.165) is 11.4 Å². The van der Waals surface area contributed by atoms with E-state index in [1.54, 1.807) is 12.3 Å². The number of pyridine rings is 1. The van der Waals surface area contributed by atoms with Gasteiger partial charge in [-0.25, -0.2) is 0 Å². The molecule has 0 amide bonds. The minimum Gasteiger partial charge on any atom is -0.255 e. The maximum atomic E-state index is 4.12. The van der Waals surface area contributed by atoms with E-state index in [4.69, 9.17) is 0 Å². The first-order valence-corrected chi connectivity index (χ1v) is 3.61. The number of aliphatic imine (C=N–C) groups is 1. The van der Waals surface area contributed by atoms with Gasteiger partial charge >= 0.3 is 0 Å². The summed E-state index contributed by atoms with van der Waals surface area (Å²) < 4.78 is 0. The van der Waals surface area contributed by atoms with E-state index in [0.29, 0.717) is 0 Å². The lowest BCUT2D eigenvalue weighted by atomic mass is 10.2. The Morgan fingerprint density at radius 3 is 2.75 bits per heavy atom. The Morgan fingerprint density at radius 1 is 1.42 bits per heavy atom. The quantitative estimate of drug-likeness (QED) is 0.619. The summed E-state index contributed by atoms with van der Waals surface area (Å²) in [4.78, 5) is 8.13. The van der Waals surface area contributed by atoms with Gasteiger partial charge < -0.3 is 0 Å². The third kappa shape index (κ3) is 1.89. The summed E-state index contributed by atoms with van der Waals surface area (Å²) >= 11 is 0. The van der Waals surface area contributed by atoms with Crippen LogP contribution in [0.2, 0.25) is 0 Å². The van der Waals surface area contributed by atoms with Gasteiger partial charge in [0, 0.05) is 12.4 Å². The maximum absolute atomic E-state index is 4.12. The van der Waals surface area contributed by atoms with Gasteiger partial charge in [0.05, 0.1) is 11.4 Å². The second-order valence-electron chi connectivity index (χ2n) is 2.12. The Labute approximate surface area is 72.0 Å². The topological polar surface area (TPSA) is 25.2 Å². The molecule has 0 saturated carbocycles. The molecule has 0 unspecified atom stereocenters. The van der Waals surface area contributed by atoms with Gasteiger partial charge in [0.2, 0.25) is 0 Å². The van der Waals surface area contributed by atoms with E-state index in [1.807, 2.05) is 18.2 Å². The summed E-state index contributed by atoms with van der Waals surface area (Å²) in [6, 6.07) is 5.65. The monoisotopic (exact) mass is 158 g/mol. The summed E-state index contributed by atoms with van der Waals surface area (Å²) in [5, 5.41) is 0. The molecule has 1 aromatic heterocycles. The molecular formula is C10H10N2. The van der Waals surface area contributed by atoms with Crippen LogP contribution in [0.15, 0.2) is 54.8 Å². The van der Waals surface area contributed by atoms with Gasteiger partial charge in [-0.1, -0.05) is 19.2 Å². The van der Waals surface area contributed by atoms with Crippen molar-refractivity contribution < 1.29 is 0 Å². The van der Waals surface area contributed by atoms with Crippen molar-refractivity contribution in [2.75, 3.05) is 0 Å². The second kappa shape index (κ2) is 4.23. The molecule has 2 nitrogen and oxygen atoms in total. The van der Waals surface area contributed by atoms with Crippen molar-refractivity contribution in [3.8, 4) is 0 Å². The molecule has 0 aliphatic carbocycles. The van der Waals surface area contributed by atoms with Crippen LogP contribution < -0.4 is 0 Å². The summed E-state index contributed by atoms with van der Waals surface area (Å²) in [6.07, 6.45) is 4.85. The average Bonchev–Trinajstić information content (AvgIpc) is 2.15. The summed E-state index contributed by atoms with van der Waals surface area (Å²) in [5.41, 5.74) is 1.55. The van der Waals surface area contributed by atoms with Gasteiger partial charge in [0.15, 0.2) is 0 Å². The Bertz CT molecular complexity index is 299. The minimum absolute atomic E-state index is 0.741. The van der Waals surface area contributed by atoms with Crippen LogP contribution in [-0.4, -0.2) is 10.7 Å². The van der Waals surface area contributed by atoms with Crippen LogP contribution in [-0.2, 0) is 0 Å². The third-order valence-corrected chi connectivity index (χ3v) is 1.35. The highest BCUT2D eigenvalue weighted by molar-refractivity contribution is 6.07. The number of hydrogen-bond donors (Lipinski definition) is 0. The van der Waals surface area contributed by atoms with Crippen LogP contribution in [0.3, 0.4) is 0 Å². The van der Waals surface area contributed by atoms with Gasteiger partial charge in [0.1, 0.15) is 0 Å². The maximum Gasteiger partial charge on any atom is 0.0885 e. The summed E-state index contributed by atoms with van der Waals surface area (Å²) in [5.74, 6) is 0. The van der Waals surface area contributed by atoms with Crippen molar-refractivity contribution >= 4 is 5.71 Å². The van der Waals surface area contributed by atoms with Crippen molar-refractivity contribution in [3.63, 3.8) is 0 Å². The van der Waals surface area contributed by atoms with Crippen LogP contribution in [0, 0.1) is 0 Å². The molecule has 0 N–H and O–H groups in total. The fraction of sp³-hybridized carbons (Fsp3) is 0. The Kier molecular flexibility index (Phi) is 2.96. The molecule has 1 heterocycles. The Balaban J connectivity index is 3.03. The standard InChI is InChI=1S/C10H10N2/c1-3-9(11-4-2)10-7-5-6-8-12-10/h3-8H,1-2H2/b11-9+. The lowest BCUT2D eigenvalue weighted by Crippen LogP contribution is -1.97. The van der Waals surface area contributed by atoms with Gasteiger partial charge in [-0.05, 0) is 18.2 Å². The van der Waals surface area contributed by atoms with Crippen LogP contribution in [0.25, 0.3) is 0 Å². The van der Waals surface area contributed by atoms with Crippen molar-refractivity contribution in [2.45, 2.75) is 0 Å². The number of hydrogen-bond acceptors (Lipinski definition) is 2. The van der Waals surface area contributed by atoms with Crippen molar-refractivity contribution in [3.05, 3.63) is 55.5 Å². The molecule has 0 spiro atoms. The number of nitrogens with zero attached hydrogens (tertiary/aromatic N) is 2. The van der Waals surface area contributed by atoms with E-state index < -0.39 is 0 Å². The van der Waals surface area contributed by atoms with Gasteiger partial charge in [0.25, 0.3) is 0 Å². The Morgan fingerprint density at radius 2 is 2.25 bits per heavy atom. The van der Waals surface area contributed by atoms with Crippen molar-refractivity contribution in [1.29, 1.82) is 0 Å². The molecule has 12 heavy (non-hydrogen) atoms. The molecule has 0 saturated heterocycles. The van der Waals surface area contributed by atoms with Gasteiger partial charge in [-0.15, -0.1) is 0 Å². The molecule has 0 radical (unpaired) electrons. The van der Waals surface area contributed by atoms with Crippen LogP contribution in [0.5, 0.6) is 0 Å². The van der Waals surface area contributed by atoms with Crippen molar-refractivity contribution in [2.24, 2.45) is 4.99 Å². The minimum atomic E-state index is 0.741. The van der Waals surface area contributed by atoms with Gasteiger partial charge in [-0.2, -0.15) is 0 Å². The molecule has 2 heteroatoms. The lowest BCUT2D eigenvalue weighted by molar-refractivity contribution is 1.29. The number of allylic oxidation sites excluding steroid dienone is 1. The molecule has 0 bridgehead atoms. The predicted octanol–water partition coefficient (Wildman–Crippen LogP) is 2.20. The smallest absolute Gasteiger partial charge is 0.0885 e. The summed E-state index contributed by atoms with van der Waals surface area (Å²) in [6.45, 7) is 7.15. The SMILES string of the molecule is C=C/N=C(\C=C)c1ccccn1. The molecule has 0 atom stereocenters. The predicted molar refractivity (Wildman–Crippen MR) is 51.2 cm³/mol. The molecule has 1 rings (SSSR count). The Hall–Kier alpha value is -1.70. The number of aromatic nitrogens is 1. The van der Waals surface area contributed by atoms with E-state index in [-0.39, 0.29) is 0 Å². The zero-order valence-corrected chi connectivity index (χ0v) is 6.77. The zero-order chi connectivity index (χ0) is 8.81. The molecule has 0 fully saturated rings. The second-order valence-corrected chi connectivity index (χ2v) is 2.12. The van der Waals surface area contributed by atoms with Gasteiger partial charge in [-0.3, -0.25) is 9.98 Å². The lowest BCUT2D eigenvalue weighted by Gasteiger charge is -1.96. The third-order valence-electron chi connectivity index (χ3n) is 1.35. The van der Waals surface area contributed by atoms with Crippen molar-refractivity contribution in [1.82, 2.24) is 4.98 Å². The largest absolute Gasteiger partial charge is 0.255 e. The molecule has 0 aromatic carbocycles.